The van der Waals surface area contributed by atoms with Gasteiger partial charge in [-0.25, -0.2) is 6.17 Å². The number of pyridine rings is 1. The van der Waals surface area contributed by atoms with Gasteiger partial charge in [0.2, 0.25) is 0 Å². The van der Waals surface area contributed by atoms with Gasteiger partial charge in [0.25, 0.3) is 0 Å². The molecule has 1 heterocycles. The summed E-state index contributed by atoms with van der Waals surface area (Å²) in [6, 6.07) is 32.2. The van der Waals surface area contributed by atoms with Crippen LogP contribution in [0.2, 0.25) is 0 Å². The molecule has 1 aliphatic rings. The molecule has 0 spiro atoms. The standard InChI is InChI=1S/C26H24N.C13H20N2.CH3.Ir/c1-16(2)13-17-14-19-11-12-27-25-21-10-9-18-7-5-6-8-20(18)24(21)26(3,4)22(15-17)23(19)25;1-10(2)14-13(15-11(3)4)12-8-6-5-7-9-12;;/h5-9,11-12,14-16H,13H2,1-4H3;5-11,13H,1-4H3;1H3;/q-1;-2;-1;. The van der Waals surface area contributed by atoms with Crippen molar-refractivity contribution in [3.8, 4) is 11.3 Å². The van der Waals surface area contributed by atoms with Crippen LogP contribution in [0.15, 0.2) is 85.1 Å². The minimum atomic E-state index is -0.0893. The van der Waals surface area contributed by atoms with Crippen molar-refractivity contribution in [2.24, 2.45) is 5.92 Å². The molecule has 4 heteroatoms. The third kappa shape index (κ3) is 7.49. The quantitative estimate of drug-likeness (QED) is 0.152. The third-order valence-corrected chi connectivity index (χ3v) is 7.93. The average molecular weight is 762 g/mol. The Morgan fingerprint density at radius 3 is 2.07 bits per heavy atom. The average Bonchev–Trinajstić information content (AvgIpc) is 2.95. The Hall–Kier alpha value is -2.88. The summed E-state index contributed by atoms with van der Waals surface area (Å²) in [5.41, 5.74) is 7.51. The normalized spacial score (nSPS) is 13.0. The molecule has 0 atom stereocenters. The first kappa shape index (κ1) is 35.6. The number of hydrogen-bond donors (Lipinski definition) is 0. The Kier molecular flexibility index (Phi) is 12.1. The summed E-state index contributed by atoms with van der Waals surface area (Å²) in [4.78, 5) is 4.81. The van der Waals surface area contributed by atoms with Gasteiger partial charge in [-0.3, -0.25) is 0 Å². The number of hydrogen-bond acceptors (Lipinski definition) is 1. The fourth-order valence-electron chi connectivity index (χ4n) is 6.23. The molecule has 0 unspecified atom stereocenters. The molecule has 0 fully saturated rings. The van der Waals surface area contributed by atoms with Crippen molar-refractivity contribution in [1.29, 1.82) is 0 Å². The van der Waals surface area contributed by atoms with Crippen LogP contribution in [0.1, 0.15) is 83.8 Å². The van der Waals surface area contributed by atoms with Crippen molar-refractivity contribution in [2.45, 2.75) is 85.5 Å². The second kappa shape index (κ2) is 14.9. The van der Waals surface area contributed by atoms with E-state index in [1.807, 2.05) is 24.4 Å². The molecule has 0 amide bonds. The van der Waals surface area contributed by atoms with Gasteiger partial charge >= 0.3 is 0 Å². The monoisotopic (exact) mass is 762 g/mol. The van der Waals surface area contributed by atoms with Gasteiger partial charge in [-0.2, -0.15) is 0 Å². The smallest absolute Gasteiger partial charge is 0.0167 e. The van der Waals surface area contributed by atoms with E-state index in [0.29, 0.717) is 18.0 Å². The summed E-state index contributed by atoms with van der Waals surface area (Å²) >= 11 is 0. The largest absolute Gasteiger partial charge is 0.672 e. The second-order valence-corrected chi connectivity index (χ2v) is 13.0. The van der Waals surface area contributed by atoms with E-state index in [9.17, 15) is 0 Å². The zero-order chi connectivity index (χ0) is 30.0. The van der Waals surface area contributed by atoms with Gasteiger partial charge in [-0.05, 0) is 51.4 Å². The Labute approximate surface area is 279 Å². The van der Waals surface area contributed by atoms with Crippen LogP contribution in [0.4, 0.5) is 0 Å². The predicted octanol–water partition coefficient (Wildman–Crippen LogP) is 11.4. The fourth-order valence-corrected chi connectivity index (χ4v) is 6.23. The number of benzene rings is 4. The van der Waals surface area contributed by atoms with Gasteiger partial charge in [-0.1, -0.05) is 138 Å². The maximum atomic E-state index is 4.81. The van der Waals surface area contributed by atoms with E-state index in [2.05, 4.69) is 133 Å². The molecule has 0 saturated carbocycles. The van der Waals surface area contributed by atoms with E-state index in [0.717, 1.165) is 17.7 Å². The van der Waals surface area contributed by atoms with E-state index >= 15 is 0 Å². The summed E-state index contributed by atoms with van der Waals surface area (Å²) in [6.07, 6.45) is 3.04. The van der Waals surface area contributed by atoms with E-state index in [4.69, 9.17) is 4.98 Å². The molecule has 0 aliphatic heterocycles. The molecule has 0 bridgehead atoms. The van der Waals surface area contributed by atoms with E-state index in [1.54, 1.807) is 0 Å². The number of fused-ring (bicyclic) bond motifs is 4. The van der Waals surface area contributed by atoms with Gasteiger partial charge in [0.05, 0.1) is 0 Å². The molecule has 0 saturated heterocycles. The number of aromatic nitrogens is 1. The topological polar surface area (TPSA) is 41.1 Å². The molecule has 44 heavy (non-hydrogen) atoms. The van der Waals surface area contributed by atoms with Crippen LogP contribution in [0.3, 0.4) is 0 Å². The Bertz CT molecular complexity index is 1660. The van der Waals surface area contributed by atoms with Crippen LogP contribution < -0.4 is 0 Å². The zero-order valence-electron chi connectivity index (χ0n) is 27.8. The zero-order valence-corrected chi connectivity index (χ0v) is 30.2. The maximum absolute atomic E-state index is 4.81. The van der Waals surface area contributed by atoms with Gasteiger partial charge in [0, 0.05) is 26.3 Å². The van der Waals surface area contributed by atoms with Crippen LogP contribution in [-0.4, -0.2) is 17.1 Å². The molecule has 6 rings (SSSR count). The number of rotatable bonds is 7. The van der Waals surface area contributed by atoms with Crippen LogP contribution in [0.5, 0.6) is 0 Å². The van der Waals surface area contributed by atoms with Crippen molar-refractivity contribution < 1.29 is 20.1 Å². The van der Waals surface area contributed by atoms with Crippen molar-refractivity contribution in [3.05, 3.63) is 131 Å². The summed E-state index contributed by atoms with van der Waals surface area (Å²) in [6.45, 7) is 17.6. The molecular formula is C40H47IrN3-4. The van der Waals surface area contributed by atoms with Crippen molar-refractivity contribution in [3.63, 3.8) is 0 Å². The SMILES string of the molecule is CC(C)Cc1cc2c3c(nccc3c1)-c1[c-]cc3ccccc3c1C2(C)C.CC(C)[N-]C([N-]C(C)C)c1ccccc1.[CH3-].[Ir]. The van der Waals surface area contributed by atoms with Crippen molar-refractivity contribution in [2.75, 3.05) is 0 Å². The molecule has 235 valence electrons. The molecule has 0 N–H and O–H groups in total. The first-order valence-corrected chi connectivity index (χ1v) is 15.4. The Morgan fingerprint density at radius 1 is 0.795 bits per heavy atom. The Morgan fingerprint density at radius 2 is 1.43 bits per heavy atom. The summed E-state index contributed by atoms with van der Waals surface area (Å²) in [5, 5.41) is 14.4. The minimum absolute atomic E-state index is 0. The summed E-state index contributed by atoms with van der Waals surface area (Å²) in [7, 11) is 0. The molecule has 5 aromatic rings. The summed E-state index contributed by atoms with van der Waals surface area (Å²) < 4.78 is 0. The molecule has 1 radical (unpaired) electrons. The summed E-state index contributed by atoms with van der Waals surface area (Å²) in [5.74, 6) is 0.643. The van der Waals surface area contributed by atoms with Crippen LogP contribution >= 0.6 is 0 Å². The Balaban J connectivity index is 0.000000269. The van der Waals surface area contributed by atoms with Gasteiger partial charge < -0.3 is 23.0 Å². The predicted molar refractivity (Wildman–Crippen MR) is 187 cm³/mol. The maximum Gasteiger partial charge on any atom is 0.0167 e. The van der Waals surface area contributed by atoms with Gasteiger partial charge in [0.15, 0.2) is 0 Å². The first-order chi connectivity index (χ1) is 20.1. The molecule has 1 aromatic heterocycles. The third-order valence-electron chi connectivity index (χ3n) is 7.93. The molecule has 3 nitrogen and oxygen atoms in total. The van der Waals surface area contributed by atoms with Crippen LogP contribution in [0.25, 0.3) is 43.4 Å². The first-order valence-electron chi connectivity index (χ1n) is 15.4. The van der Waals surface area contributed by atoms with Crippen molar-refractivity contribution >= 4 is 21.5 Å². The van der Waals surface area contributed by atoms with Crippen LogP contribution in [-0.2, 0) is 31.9 Å². The van der Waals surface area contributed by atoms with Crippen molar-refractivity contribution in [1.82, 2.24) is 4.98 Å². The van der Waals surface area contributed by atoms with E-state index in [-0.39, 0.29) is 39.1 Å². The molecular weight excluding hydrogens is 715 g/mol. The number of nitrogens with zero attached hydrogens (tertiary/aromatic N) is 3. The van der Waals surface area contributed by atoms with E-state index in [1.165, 1.54) is 43.8 Å². The van der Waals surface area contributed by atoms with Gasteiger partial charge in [-0.15, -0.1) is 35.3 Å². The molecule has 1 aliphatic carbocycles. The minimum Gasteiger partial charge on any atom is -0.672 e. The fraction of sp³-hybridized carbons (Fsp3) is 0.350. The second-order valence-electron chi connectivity index (χ2n) is 13.0. The van der Waals surface area contributed by atoms with Gasteiger partial charge in [0.1, 0.15) is 0 Å². The molecule has 4 aromatic carbocycles. The van der Waals surface area contributed by atoms with E-state index < -0.39 is 0 Å². The van der Waals surface area contributed by atoms with Crippen LogP contribution in [0, 0.1) is 19.4 Å².